The van der Waals surface area contributed by atoms with Crippen LogP contribution < -0.4 is 10.6 Å². The molecule has 4 aliphatic rings. The zero-order valence-corrected chi connectivity index (χ0v) is 26.9. The Hall–Kier alpha value is -3.70. The largest absolute Gasteiger partial charge is 0.394 e. The van der Waals surface area contributed by atoms with Crippen LogP contribution in [0.4, 0.5) is 11.6 Å². The Kier molecular flexibility index (Phi) is 10.1. The predicted molar refractivity (Wildman–Crippen MR) is 171 cm³/mol. The third-order valence-corrected chi connectivity index (χ3v) is 9.90. The maximum Gasteiger partial charge on any atom is 0.167 e. The first-order valence-electron chi connectivity index (χ1n) is 16.7. The zero-order chi connectivity index (χ0) is 35.1. The van der Waals surface area contributed by atoms with Gasteiger partial charge in [0, 0.05) is 0 Å². The smallest absolute Gasteiger partial charge is 0.167 e. The van der Waals surface area contributed by atoms with Gasteiger partial charge >= 0.3 is 0 Å². The van der Waals surface area contributed by atoms with Crippen LogP contribution in [0.2, 0.25) is 0 Å². The molecule has 0 unspecified atom stereocenters. The van der Waals surface area contributed by atoms with Crippen molar-refractivity contribution in [3.63, 3.8) is 0 Å². The molecule has 0 radical (unpaired) electrons. The molecule has 20 nitrogen and oxygen atoms in total. The number of imidazole rings is 2. The molecule has 4 fully saturated rings. The van der Waals surface area contributed by atoms with E-state index in [2.05, 4.69) is 40.5 Å². The SMILES string of the molecule is OC[C@H]1O[C@@H](n2cnc3c(N[C@H]4CCC[C@@H]4O)ncnc32)[C@H](O)[C@@H]1O.OC[C@H]1O[C@@H](n2cnc3c(N[C@H]4CCC[C@@H]4O)ncnc32)[C@H](O)[C@@H]1O. The van der Waals surface area contributed by atoms with Crippen molar-refractivity contribution in [2.75, 3.05) is 23.8 Å². The fourth-order valence-electron chi connectivity index (χ4n) is 7.08. The zero-order valence-electron chi connectivity index (χ0n) is 26.9. The molecule has 12 atom stereocenters. The van der Waals surface area contributed by atoms with Crippen LogP contribution in [-0.2, 0) is 9.47 Å². The van der Waals surface area contributed by atoms with Gasteiger partial charge in [-0.2, -0.15) is 0 Å². The Morgan fingerprint density at radius 1 is 0.580 bits per heavy atom. The second kappa shape index (κ2) is 14.5. The van der Waals surface area contributed by atoms with Crippen LogP contribution in [0.15, 0.2) is 25.3 Å². The lowest BCUT2D eigenvalue weighted by Crippen LogP contribution is -2.33. The van der Waals surface area contributed by atoms with Gasteiger partial charge in [0.15, 0.2) is 46.4 Å². The quantitative estimate of drug-likeness (QED) is 0.0910. The molecular weight excluding hydrogens is 660 g/mol. The summed E-state index contributed by atoms with van der Waals surface area (Å²) < 4.78 is 14.1. The van der Waals surface area contributed by atoms with Gasteiger partial charge in [0.05, 0.1) is 50.2 Å². The number of anilines is 2. The number of fused-ring (bicyclic) bond motifs is 2. The number of hydrogen-bond donors (Lipinski definition) is 10. The summed E-state index contributed by atoms with van der Waals surface area (Å²) in [4.78, 5) is 25.4. The van der Waals surface area contributed by atoms with Crippen LogP contribution in [0.5, 0.6) is 0 Å². The molecule has 272 valence electrons. The maximum absolute atomic E-state index is 10.2. The standard InChI is InChI=1S/2C15H21N5O5/c2*21-4-9-11(23)12(24)15(25-9)20-6-18-10-13(16-5-17-14(10)20)19-7-2-1-3-8(7)22/h2*5-9,11-12,15,21-24H,1-4H2,(H,16,17,19)/t2*7-,8-,9+,11+,12+,15+/m00/s1. The number of rotatable bonds is 8. The highest BCUT2D eigenvalue weighted by atomic mass is 16.6. The normalized spacial score (nSPS) is 35.5. The van der Waals surface area contributed by atoms with Gasteiger partial charge in [-0.15, -0.1) is 0 Å². The van der Waals surface area contributed by atoms with Gasteiger partial charge in [-0.1, -0.05) is 0 Å². The summed E-state index contributed by atoms with van der Waals surface area (Å²) in [5.41, 5.74) is 1.83. The van der Waals surface area contributed by atoms with Crippen molar-refractivity contribution in [3.8, 4) is 0 Å². The van der Waals surface area contributed by atoms with Crippen molar-refractivity contribution in [2.24, 2.45) is 0 Å². The van der Waals surface area contributed by atoms with Crippen molar-refractivity contribution in [1.82, 2.24) is 39.0 Å². The molecule has 2 aliphatic carbocycles. The number of hydrogen-bond acceptors (Lipinski definition) is 18. The highest BCUT2D eigenvalue weighted by Gasteiger charge is 2.45. The Morgan fingerprint density at radius 3 is 1.34 bits per heavy atom. The first kappa shape index (κ1) is 34.7. The molecule has 0 bridgehead atoms. The van der Waals surface area contributed by atoms with E-state index in [0.29, 0.717) is 34.0 Å². The molecule has 50 heavy (non-hydrogen) atoms. The molecule has 4 aromatic rings. The van der Waals surface area contributed by atoms with Crippen molar-refractivity contribution in [2.45, 2.75) is 112 Å². The minimum absolute atomic E-state index is 0.0860. The number of aliphatic hydroxyl groups is 8. The van der Waals surface area contributed by atoms with Crippen molar-refractivity contribution >= 4 is 34.0 Å². The number of nitrogens with one attached hydrogen (secondary N) is 2. The number of aromatic nitrogens is 8. The lowest BCUT2D eigenvalue weighted by atomic mass is 10.1. The third kappa shape index (κ3) is 6.36. The summed E-state index contributed by atoms with van der Waals surface area (Å²) in [7, 11) is 0. The van der Waals surface area contributed by atoms with Crippen molar-refractivity contribution in [3.05, 3.63) is 25.3 Å². The van der Waals surface area contributed by atoms with E-state index in [1.54, 1.807) is 0 Å². The Labute approximate surface area is 284 Å². The van der Waals surface area contributed by atoms with Crippen LogP contribution in [0, 0.1) is 0 Å². The van der Waals surface area contributed by atoms with Gasteiger partial charge in [0.1, 0.15) is 49.3 Å². The van der Waals surface area contributed by atoms with Crippen molar-refractivity contribution in [1.29, 1.82) is 0 Å². The Morgan fingerprint density at radius 2 is 1.00 bits per heavy atom. The molecule has 2 aliphatic heterocycles. The van der Waals surface area contributed by atoms with Gasteiger partial charge in [0.2, 0.25) is 0 Å². The lowest BCUT2D eigenvalue weighted by molar-refractivity contribution is -0.0511. The fraction of sp³-hybridized carbons (Fsp3) is 0.667. The molecule has 0 spiro atoms. The second-order valence-corrected chi connectivity index (χ2v) is 13.0. The first-order chi connectivity index (χ1) is 24.2. The van der Waals surface area contributed by atoms with Gasteiger partial charge in [0.25, 0.3) is 0 Å². The van der Waals surface area contributed by atoms with Gasteiger partial charge in [-0.25, -0.2) is 29.9 Å². The van der Waals surface area contributed by atoms with E-state index >= 15 is 0 Å². The Bertz CT molecular complexity index is 1640. The Balaban J connectivity index is 0.000000157. The minimum atomic E-state index is -1.21. The van der Waals surface area contributed by atoms with Crippen LogP contribution >= 0.6 is 0 Å². The fourth-order valence-corrected chi connectivity index (χ4v) is 7.08. The highest BCUT2D eigenvalue weighted by Crippen LogP contribution is 2.34. The van der Waals surface area contributed by atoms with E-state index in [-0.39, 0.29) is 12.1 Å². The monoisotopic (exact) mass is 702 g/mol. The summed E-state index contributed by atoms with van der Waals surface area (Å²) in [6.45, 7) is -0.800. The van der Waals surface area contributed by atoms with E-state index < -0.39 is 74.5 Å². The average Bonchev–Trinajstić information content (AvgIpc) is 3.98. The molecule has 0 aromatic carbocycles. The molecule has 4 aromatic heterocycles. The first-order valence-corrected chi connectivity index (χ1v) is 16.7. The van der Waals surface area contributed by atoms with Crippen LogP contribution in [0.3, 0.4) is 0 Å². The van der Waals surface area contributed by atoms with Crippen LogP contribution in [0.1, 0.15) is 51.0 Å². The average molecular weight is 703 g/mol. The molecular formula is C30H42N10O10. The molecule has 8 rings (SSSR count). The number of aliphatic hydroxyl groups excluding tert-OH is 8. The van der Waals surface area contributed by atoms with Gasteiger partial charge in [-0.3, -0.25) is 9.13 Å². The van der Waals surface area contributed by atoms with Crippen molar-refractivity contribution < 1.29 is 50.3 Å². The molecule has 0 amide bonds. The van der Waals surface area contributed by atoms with Crippen LogP contribution in [-0.4, -0.2) is 154 Å². The summed E-state index contributed by atoms with van der Waals surface area (Å²) in [5.74, 6) is 1.00. The summed E-state index contributed by atoms with van der Waals surface area (Å²) >= 11 is 0. The van der Waals surface area contributed by atoms with Gasteiger partial charge < -0.3 is 61.0 Å². The van der Waals surface area contributed by atoms with E-state index in [0.717, 1.165) is 38.5 Å². The number of nitrogens with zero attached hydrogens (tertiary/aromatic N) is 8. The van der Waals surface area contributed by atoms with E-state index in [4.69, 9.17) is 9.47 Å². The maximum atomic E-state index is 10.2. The molecule has 20 heteroatoms. The highest BCUT2D eigenvalue weighted by molar-refractivity contribution is 5.83. The molecule has 10 N–H and O–H groups in total. The molecule has 6 heterocycles. The molecule has 2 saturated carbocycles. The third-order valence-electron chi connectivity index (χ3n) is 9.90. The summed E-state index contributed by atoms with van der Waals surface area (Å²) in [6.07, 6.45) is 1.54. The van der Waals surface area contributed by atoms with E-state index in [1.807, 2.05) is 0 Å². The predicted octanol–water partition coefficient (Wildman–Crippen LogP) is -2.47. The minimum Gasteiger partial charge on any atom is -0.394 e. The van der Waals surface area contributed by atoms with Crippen LogP contribution in [0.25, 0.3) is 22.3 Å². The van der Waals surface area contributed by atoms with E-state index in [1.165, 1.54) is 34.4 Å². The van der Waals surface area contributed by atoms with E-state index in [9.17, 15) is 40.9 Å². The second-order valence-electron chi connectivity index (χ2n) is 13.0. The lowest BCUT2D eigenvalue weighted by Gasteiger charge is -2.18. The topological polar surface area (TPSA) is 292 Å². The molecule has 2 saturated heterocycles. The number of ether oxygens (including phenoxy) is 2. The van der Waals surface area contributed by atoms with Gasteiger partial charge in [-0.05, 0) is 38.5 Å². The summed E-state index contributed by atoms with van der Waals surface area (Å²) in [5, 5.41) is 85.1. The summed E-state index contributed by atoms with van der Waals surface area (Å²) in [6, 6.07) is -0.172.